The van der Waals surface area contributed by atoms with Crippen LogP contribution in [-0.2, 0) is 16.6 Å². The van der Waals surface area contributed by atoms with Crippen molar-refractivity contribution in [3.63, 3.8) is 0 Å². The molecule has 1 unspecified atom stereocenters. The SMILES string of the molecule is CC1Cc2cc(C3(CC(=O)O)CC3)ccc2O1. The van der Waals surface area contributed by atoms with Crippen molar-refractivity contribution in [2.24, 2.45) is 0 Å². The lowest BCUT2D eigenvalue weighted by molar-refractivity contribution is -0.137. The Hall–Kier alpha value is -1.51. The molecule has 0 spiro atoms. The van der Waals surface area contributed by atoms with E-state index >= 15 is 0 Å². The molecule has 0 radical (unpaired) electrons. The molecule has 2 aliphatic rings. The second-order valence-electron chi connectivity index (χ2n) is 5.31. The Morgan fingerprint density at radius 2 is 2.29 bits per heavy atom. The van der Waals surface area contributed by atoms with Crippen molar-refractivity contribution in [3.8, 4) is 5.75 Å². The van der Waals surface area contributed by atoms with Gasteiger partial charge in [0.2, 0.25) is 0 Å². The monoisotopic (exact) mass is 232 g/mol. The van der Waals surface area contributed by atoms with Crippen molar-refractivity contribution in [3.05, 3.63) is 29.3 Å². The summed E-state index contributed by atoms with van der Waals surface area (Å²) in [6.07, 6.45) is 3.42. The third-order valence-corrected chi connectivity index (χ3v) is 3.85. The van der Waals surface area contributed by atoms with E-state index in [1.807, 2.05) is 12.1 Å². The van der Waals surface area contributed by atoms with Crippen molar-refractivity contribution in [1.82, 2.24) is 0 Å². The zero-order valence-corrected chi connectivity index (χ0v) is 9.90. The molecule has 3 rings (SSSR count). The van der Waals surface area contributed by atoms with Gasteiger partial charge in [-0.15, -0.1) is 0 Å². The van der Waals surface area contributed by atoms with Crippen LogP contribution in [0.15, 0.2) is 18.2 Å². The van der Waals surface area contributed by atoms with E-state index < -0.39 is 5.97 Å². The molecule has 0 amide bonds. The summed E-state index contributed by atoms with van der Waals surface area (Å²) in [5, 5.41) is 8.96. The second-order valence-corrected chi connectivity index (χ2v) is 5.31. The molecule has 1 N–H and O–H groups in total. The highest BCUT2D eigenvalue weighted by Crippen LogP contribution is 2.52. The van der Waals surface area contributed by atoms with Gasteiger partial charge in [0, 0.05) is 11.8 Å². The summed E-state index contributed by atoms with van der Waals surface area (Å²) in [5.41, 5.74) is 2.31. The number of carbonyl (C=O) groups is 1. The largest absolute Gasteiger partial charge is 0.490 e. The van der Waals surface area contributed by atoms with Gasteiger partial charge in [0.05, 0.1) is 6.42 Å². The van der Waals surface area contributed by atoms with Crippen LogP contribution in [0.5, 0.6) is 5.75 Å². The molecule has 1 aromatic carbocycles. The zero-order chi connectivity index (χ0) is 12.0. The molecule has 3 heteroatoms. The first-order valence-corrected chi connectivity index (χ1v) is 6.11. The average Bonchev–Trinajstić information content (AvgIpc) is 2.91. The van der Waals surface area contributed by atoms with Gasteiger partial charge in [0.15, 0.2) is 0 Å². The van der Waals surface area contributed by atoms with Gasteiger partial charge in [-0.1, -0.05) is 12.1 Å². The standard InChI is InChI=1S/C14H16O3/c1-9-6-10-7-11(2-3-12(10)17-9)14(4-5-14)8-13(15)16/h2-3,7,9H,4-6,8H2,1H3,(H,15,16). The van der Waals surface area contributed by atoms with Crippen LogP contribution < -0.4 is 4.74 Å². The van der Waals surface area contributed by atoms with E-state index in [9.17, 15) is 4.79 Å². The summed E-state index contributed by atoms with van der Waals surface area (Å²) in [6.45, 7) is 2.06. The van der Waals surface area contributed by atoms with Gasteiger partial charge in [-0.05, 0) is 37.0 Å². The third kappa shape index (κ3) is 1.79. The van der Waals surface area contributed by atoms with Crippen molar-refractivity contribution in [1.29, 1.82) is 0 Å². The van der Waals surface area contributed by atoms with Gasteiger partial charge in [-0.2, -0.15) is 0 Å². The van der Waals surface area contributed by atoms with E-state index in [1.54, 1.807) is 0 Å². The van der Waals surface area contributed by atoms with Gasteiger partial charge in [-0.3, -0.25) is 4.79 Å². The van der Waals surface area contributed by atoms with Crippen LogP contribution in [0.4, 0.5) is 0 Å². The van der Waals surface area contributed by atoms with Gasteiger partial charge in [0.25, 0.3) is 0 Å². The molecule has 0 bridgehead atoms. The lowest BCUT2D eigenvalue weighted by Crippen LogP contribution is -2.13. The van der Waals surface area contributed by atoms with Crippen molar-refractivity contribution < 1.29 is 14.6 Å². The van der Waals surface area contributed by atoms with E-state index in [1.165, 1.54) is 11.1 Å². The molecule has 1 saturated carbocycles. The summed E-state index contributed by atoms with van der Waals surface area (Å²) in [4.78, 5) is 10.9. The minimum Gasteiger partial charge on any atom is -0.490 e. The maximum Gasteiger partial charge on any atom is 0.304 e. The maximum absolute atomic E-state index is 10.9. The summed E-state index contributed by atoms with van der Waals surface area (Å²) >= 11 is 0. The van der Waals surface area contributed by atoms with Crippen LogP contribution in [0, 0.1) is 0 Å². The Bertz CT molecular complexity index is 474. The van der Waals surface area contributed by atoms with E-state index in [4.69, 9.17) is 9.84 Å². The summed E-state index contributed by atoms with van der Waals surface area (Å²) in [5.74, 6) is 0.264. The van der Waals surface area contributed by atoms with E-state index in [2.05, 4.69) is 13.0 Å². The number of ether oxygens (including phenoxy) is 1. The predicted octanol–water partition coefficient (Wildman–Crippen LogP) is 2.52. The van der Waals surface area contributed by atoms with E-state index in [0.717, 1.165) is 25.0 Å². The predicted molar refractivity (Wildman–Crippen MR) is 63.4 cm³/mol. The van der Waals surface area contributed by atoms with Crippen molar-refractivity contribution in [2.75, 3.05) is 0 Å². The quantitative estimate of drug-likeness (QED) is 0.871. The number of benzene rings is 1. The lowest BCUT2D eigenvalue weighted by Gasteiger charge is -2.13. The molecule has 90 valence electrons. The fourth-order valence-electron chi connectivity index (χ4n) is 2.76. The number of fused-ring (bicyclic) bond motifs is 1. The van der Waals surface area contributed by atoms with E-state index in [-0.39, 0.29) is 17.9 Å². The third-order valence-electron chi connectivity index (χ3n) is 3.85. The highest BCUT2D eigenvalue weighted by Gasteiger charge is 2.46. The summed E-state index contributed by atoms with van der Waals surface area (Å²) in [7, 11) is 0. The van der Waals surface area contributed by atoms with Crippen LogP contribution in [0.25, 0.3) is 0 Å². The Labute approximate surface area is 100 Å². The number of aliphatic carboxylic acids is 1. The minimum atomic E-state index is -0.701. The number of hydrogen-bond acceptors (Lipinski definition) is 2. The fraction of sp³-hybridized carbons (Fsp3) is 0.500. The average molecular weight is 232 g/mol. The Morgan fingerprint density at radius 3 is 2.94 bits per heavy atom. The summed E-state index contributed by atoms with van der Waals surface area (Å²) < 4.78 is 5.66. The highest BCUT2D eigenvalue weighted by molar-refractivity contribution is 5.70. The molecular formula is C14H16O3. The highest BCUT2D eigenvalue weighted by atomic mass is 16.5. The number of carboxylic acids is 1. The first-order valence-electron chi connectivity index (χ1n) is 6.11. The minimum absolute atomic E-state index is 0.0906. The smallest absolute Gasteiger partial charge is 0.304 e. The Balaban J connectivity index is 1.90. The van der Waals surface area contributed by atoms with Gasteiger partial charge < -0.3 is 9.84 Å². The Kier molecular flexibility index (Phi) is 2.18. The molecule has 1 aliphatic heterocycles. The van der Waals surface area contributed by atoms with Gasteiger partial charge >= 0.3 is 5.97 Å². The maximum atomic E-state index is 10.9. The molecule has 1 aromatic rings. The number of rotatable bonds is 3. The lowest BCUT2D eigenvalue weighted by atomic mass is 9.90. The molecule has 1 fully saturated rings. The van der Waals surface area contributed by atoms with Crippen LogP contribution in [0.2, 0.25) is 0 Å². The molecule has 1 atom stereocenters. The van der Waals surface area contributed by atoms with Crippen molar-refractivity contribution in [2.45, 2.75) is 44.1 Å². The fourth-order valence-corrected chi connectivity index (χ4v) is 2.76. The van der Waals surface area contributed by atoms with E-state index in [0.29, 0.717) is 0 Å². The molecule has 0 aromatic heterocycles. The molecule has 0 saturated heterocycles. The van der Waals surface area contributed by atoms with Crippen LogP contribution >= 0.6 is 0 Å². The van der Waals surface area contributed by atoms with Gasteiger partial charge in [-0.25, -0.2) is 0 Å². The van der Waals surface area contributed by atoms with Gasteiger partial charge in [0.1, 0.15) is 11.9 Å². The molecule has 3 nitrogen and oxygen atoms in total. The first-order chi connectivity index (χ1) is 8.09. The second kappa shape index (κ2) is 3.49. The first kappa shape index (κ1) is 10.6. The van der Waals surface area contributed by atoms with Crippen molar-refractivity contribution >= 4 is 5.97 Å². The topological polar surface area (TPSA) is 46.5 Å². The van der Waals surface area contributed by atoms with Crippen LogP contribution in [0.1, 0.15) is 37.3 Å². The normalized spacial score (nSPS) is 23.9. The number of carboxylic acid groups (broad SMARTS) is 1. The molecule has 1 aliphatic carbocycles. The van der Waals surface area contributed by atoms with Crippen LogP contribution in [-0.4, -0.2) is 17.2 Å². The molecular weight excluding hydrogens is 216 g/mol. The Morgan fingerprint density at radius 1 is 1.53 bits per heavy atom. The number of hydrogen-bond donors (Lipinski definition) is 1. The zero-order valence-electron chi connectivity index (χ0n) is 9.90. The summed E-state index contributed by atoms with van der Waals surface area (Å²) in [6, 6.07) is 6.18. The molecule has 17 heavy (non-hydrogen) atoms. The molecule has 1 heterocycles. The van der Waals surface area contributed by atoms with Crippen LogP contribution in [0.3, 0.4) is 0 Å².